The van der Waals surface area contributed by atoms with E-state index in [0.29, 0.717) is 28.8 Å². The summed E-state index contributed by atoms with van der Waals surface area (Å²) in [4.78, 5) is 20.0. The standard InChI is InChI=1S/C23H21ClN2O3S/c1-28-22-13-25-18(15-30-19-8-6-17(24)7-9-19)12-21(22)29-14-23(27)26-11-10-16-4-2-3-5-20(16)26/h2-9,12-13H,10-11,14-15H2,1H3. The van der Waals surface area contributed by atoms with Crippen molar-refractivity contribution in [2.24, 2.45) is 0 Å². The van der Waals surface area contributed by atoms with E-state index in [1.807, 2.05) is 48.5 Å². The molecule has 1 amide bonds. The van der Waals surface area contributed by atoms with E-state index in [-0.39, 0.29) is 12.5 Å². The van der Waals surface area contributed by atoms with Gasteiger partial charge in [0.2, 0.25) is 0 Å². The molecule has 2 aromatic carbocycles. The number of fused-ring (bicyclic) bond motifs is 1. The van der Waals surface area contributed by atoms with Crippen molar-refractivity contribution in [3.8, 4) is 11.5 Å². The molecule has 7 heteroatoms. The minimum absolute atomic E-state index is 0.0571. The number of halogens is 1. The Balaban J connectivity index is 1.41. The molecule has 0 aliphatic carbocycles. The number of nitrogens with zero attached hydrogens (tertiary/aromatic N) is 2. The normalized spacial score (nSPS) is 12.5. The molecule has 3 aromatic rings. The van der Waals surface area contributed by atoms with Crippen LogP contribution in [0, 0.1) is 0 Å². The summed E-state index contributed by atoms with van der Waals surface area (Å²) in [7, 11) is 1.56. The predicted octanol–water partition coefficient (Wildman–Crippen LogP) is 5.00. The van der Waals surface area contributed by atoms with Crippen molar-refractivity contribution in [3.05, 3.63) is 77.1 Å². The maximum absolute atomic E-state index is 12.7. The Labute approximate surface area is 185 Å². The largest absolute Gasteiger partial charge is 0.491 e. The molecule has 5 nitrogen and oxygen atoms in total. The van der Waals surface area contributed by atoms with Crippen molar-refractivity contribution in [3.63, 3.8) is 0 Å². The zero-order valence-corrected chi connectivity index (χ0v) is 18.1. The van der Waals surface area contributed by atoms with E-state index in [1.54, 1.807) is 30.0 Å². The number of thioether (sulfide) groups is 1. The monoisotopic (exact) mass is 440 g/mol. The van der Waals surface area contributed by atoms with E-state index in [2.05, 4.69) is 11.1 Å². The van der Waals surface area contributed by atoms with Gasteiger partial charge in [-0.3, -0.25) is 9.78 Å². The maximum Gasteiger partial charge on any atom is 0.264 e. The Morgan fingerprint density at radius 1 is 1.17 bits per heavy atom. The lowest BCUT2D eigenvalue weighted by Gasteiger charge is -2.18. The number of amides is 1. The first-order valence-electron chi connectivity index (χ1n) is 9.56. The number of anilines is 1. The number of rotatable bonds is 7. The van der Waals surface area contributed by atoms with Crippen molar-refractivity contribution in [1.82, 2.24) is 4.98 Å². The van der Waals surface area contributed by atoms with Crippen LogP contribution in [0.15, 0.2) is 65.7 Å². The summed E-state index contributed by atoms with van der Waals surface area (Å²) in [6, 6.07) is 17.5. The summed E-state index contributed by atoms with van der Waals surface area (Å²) < 4.78 is 11.2. The number of pyridine rings is 1. The molecule has 4 rings (SSSR count). The van der Waals surface area contributed by atoms with Crippen LogP contribution in [0.5, 0.6) is 11.5 Å². The van der Waals surface area contributed by atoms with Gasteiger partial charge >= 0.3 is 0 Å². The van der Waals surface area contributed by atoms with E-state index in [0.717, 1.165) is 22.7 Å². The van der Waals surface area contributed by atoms with Crippen LogP contribution in [0.25, 0.3) is 0 Å². The number of hydrogen-bond donors (Lipinski definition) is 0. The van der Waals surface area contributed by atoms with Gasteiger partial charge in [-0.05, 0) is 42.3 Å². The Morgan fingerprint density at radius 3 is 2.77 bits per heavy atom. The summed E-state index contributed by atoms with van der Waals surface area (Å²) in [5.74, 6) is 1.61. The number of para-hydroxylation sites is 1. The zero-order chi connectivity index (χ0) is 20.9. The van der Waals surface area contributed by atoms with Crippen LogP contribution in [-0.4, -0.2) is 31.2 Å². The molecule has 0 fully saturated rings. The Kier molecular flexibility index (Phi) is 6.45. The fourth-order valence-corrected chi connectivity index (χ4v) is 4.24. The van der Waals surface area contributed by atoms with Crippen molar-refractivity contribution in [1.29, 1.82) is 0 Å². The van der Waals surface area contributed by atoms with Crippen LogP contribution in [-0.2, 0) is 17.0 Å². The summed E-state index contributed by atoms with van der Waals surface area (Å²) in [5, 5.41) is 0.711. The number of aromatic nitrogens is 1. The minimum Gasteiger partial charge on any atom is -0.491 e. The zero-order valence-electron chi connectivity index (χ0n) is 16.5. The maximum atomic E-state index is 12.7. The van der Waals surface area contributed by atoms with Crippen LogP contribution in [0.1, 0.15) is 11.3 Å². The van der Waals surface area contributed by atoms with Gasteiger partial charge in [-0.15, -0.1) is 11.8 Å². The molecule has 1 aromatic heterocycles. The summed E-state index contributed by atoms with van der Waals surface area (Å²) in [5.41, 5.74) is 2.99. The number of ether oxygens (including phenoxy) is 2. The third-order valence-electron chi connectivity index (χ3n) is 4.85. The van der Waals surface area contributed by atoms with E-state index in [9.17, 15) is 4.79 Å². The first-order valence-corrected chi connectivity index (χ1v) is 10.9. The number of carbonyl (C=O) groups is 1. The molecule has 1 aliphatic heterocycles. The highest BCUT2D eigenvalue weighted by Crippen LogP contribution is 2.31. The smallest absolute Gasteiger partial charge is 0.264 e. The van der Waals surface area contributed by atoms with Gasteiger partial charge in [-0.2, -0.15) is 0 Å². The van der Waals surface area contributed by atoms with Gasteiger partial charge in [0.1, 0.15) is 0 Å². The quantitative estimate of drug-likeness (QED) is 0.484. The lowest BCUT2D eigenvalue weighted by Crippen LogP contribution is -2.33. The second kappa shape index (κ2) is 9.41. The fourth-order valence-electron chi connectivity index (χ4n) is 3.31. The van der Waals surface area contributed by atoms with Crippen LogP contribution < -0.4 is 14.4 Å². The average Bonchev–Trinajstić information content (AvgIpc) is 3.21. The van der Waals surface area contributed by atoms with Gasteiger partial charge < -0.3 is 14.4 Å². The first kappa shape index (κ1) is 20.6. The van der Waals surface area contributed by atoms with Crippen LogP contribution in [0.3, 0.4) is 0 Å². The second-order valence-corrected chi connectivity index (χ2v) is 8.27. The highest BCUT2D eigenvalue weighted by atomic mass is 35.5. The molecule has 30 heavy (non-hydrogen) atoms. The topological polar surface area (TPSA) is 51.7 Å². The predicted molar refractivity (Wildman–Crippen MR) is 120 cm³/mol. The summed E-state index contributed by atoms with van der Waals surface area (Å²) in [6.45, 7) is 0.622. The number of benzene rings is 2. The molecule has 1 aliphatic rings. The second-order valence-electron chi connectivity index (χ2n) is 6.78. The van der Waals surface area contributed by atoms with Gasteiger partial charge in [0.05, 0.1) is 19.0 Å². The fraction of sp³-hybridized carbons (Fsp3) is 0.217. The molecule has 0 unspecified atom stereocenters. The van der Waals surface area contributed by atoms with Crippen molar-refractivity contribution < 1.29 is 14.3 Å². The lowest BCUT2D eigenvalue weighted by atomic mass is 10.2. The Bertz CT molecular complexity index is 1040. The molecule has 2 heterocycles. The molecule has 0 N–H and O–H groups in total. The Hall–Kier alpha value is -2.70. The first-order chi connectivity index (χ1) is 14.6. The van der Waals surface area contributed by atoms with Gasteiger partial charge in [-0.25, -0.2) is 0 Å². The number of methoxy groups -OCH3 is 1. The molecule has 154 valence electrons. The van der Waals surface area contributed by atoms with Crippen LogP contribution in [0.4, 0.5) is 5.69 Å². The highest BCUT2D eigenvalue weighted by Gasteiger charge is 2.24. The molecule has 0 atom stereocenters. The highest BCUT2D eigenvalue weighted by molar-refractivity contribution is 7.98. The number of carbonyl (C=O) groups excluding carboxylic acids is 1. The van der Waals surface area contributed by atoms with Crippen molar-refractivity contribution in [2.75, 3.05) is 25.2 Å². The molecule has 0 saturated carbocycles. The SMILES string of the molecule is COc1cnc(CSc2ccc(Cl)cc2)cc1OCC(=O)N1CCc2ccccc21. The molecule has 0 radical (unpaired) electrons. The molecule has 0 spiro atoms. The van der Waals surface area contributed by atoms with Gasteiger partial charge in [0.15, 0.2) is 18.1 Å². The molecular formula is C23H21ClN2O3S. The van der Waals surface area contributed by atoms with Gasteiger partial charge in [-0.1, -0.05) is 29.8 Å². The molecule has 0 saturated heterocycles. The van der Waals surface area contributed by atoms with Gasteiger partial charge in [0, 0.05) is 34.0 Å². The van der Waals surface area contributed by atoms with Crippen LogP contribution in [0.2, 0.25) is 5.02 Å². The third-order valence-corrected chi connectivity index (χ3v) is 6.15. The van der Waals surface area contributed by atoms with E-state index < -0.39 is 0 Å². The van der Waals surface area contributed by atoms with E-state index in [1.165, 1.54) is 5.56 Å². The molecule has 0 bridgehead atoms. The third kappa shape index (κ3) is 4.71. The minimum atomic E-state index is -0.0732. The van der Waals surface area contributed by atoms with Crippen LogP contribution >= 0.6 is 23.4 Å². The lowest BCUT2D eigenvalue weighted by molar-refractivity contribution is -0.120. The van der Waals surface area contributed by atoms with E-state index in [4.69, 9.17) is 21.1 Å². The summed E-state index contributed by atoms with van der Waals surface area (Å²) in [6.07, 6.45) is 2.50. The summed E-state index contributed by atoms with van der Waals surface area (Å²) >= 11 is 7.58. The van der Waals surface area contributed by atoms with Gasteiger partial charge in [0.25, 0.3) is 5.91 Å². The molecular weight excluding hydrogens is 420 g/mol. The van der Waals surface area contributed by atoms with Crippen molar-refractivity contribution >= 4 is 35.0 Å². The average molecular weight is 441 g/mol. The Morgan fingerprint density at radius 2 is 1.97 bits per heavy atom. The number of hydrogen-bond acceptors (Lipinski definition) is 5. The van der Waals surface area contributed by atoms with Crippen molar-refractivity contribution in [2.45, 2.75) is 17.1 Å². The van der Waals surface area contributed by atoms with E-state index >= 15 is 0 Å².